The smallest absolute Gasteiger partial charge is 0.169 e. The second-order valence-corrected chi connectivity index (χ2v) is 7.62. The highest BCUT2D eigenvalue weighted by Gasteiger charge is 2.19. The average Bonchev–Trinajstić information content (AvgIpc) is 2.76. The van der Waals surface area contributed by atoms with E-state index in [1.54, 1.807) is 17.6 Å². The van der Waals surface area contributed by atoms with Gasteiger partial charge in [-0.1, -0.05) is 41.2 Å². The summed E-state index contributed by atoms with van der Waals surface area (Å²) in [4.78, 5) is 8.46. The van der Waals surface area contributed by atoms with E-state index in [0.717, 1.165) is 10.5 Å². The van der Waals surface area contributed by atoms with Gasteiger partial charge in [-0.3, -0.25) is 0 Å². The van der Waals surface area contributed by atoms with Crippen LogP contribution in [0.4, 0.5) is 0 Å². The van der Waals surface area contributed by atoms with E-state index in [-0.39, 0.29) is 6.10 Å². The number of hydrogen-bond acceptors (Lipinski definition) is 3. The molecule has 1 aromatic heterocycles. The molecule has 0 fully saturated rings. The van der Waals surface area contributed by atoms with Crippen LogP contribution in [0.2, 0.25) is 5.15 Å². The molecule has 0 amide bonds. The van der Waals surface area contributed by atoms with Crippen molar-refractivity contribution in [1.82, 2.24) is 9.97 Å². The molecule has 1 aromatic carbocycles. The zero-order chi connectivity index (χ0) is 13.0. The molecule has 18 heavy (non-hydrogen) atoms. The summed E-state index contributed by atoms with van der Waals surface area (Å²) in [6.07, 6.45) is 1.76. The topological polar surface area (TPSA) is 37.9 Å². The van der Waals surface area contributed by atoms with Gasteiger partial charge in [-0.05, 0) is 26.0 Å². The van der Waals surface area contributed by atoms with Crippen LogP contribution in [0.15, 0.2) is 41.4 Å². The first-order chi connectivity index (χ1) is 8.65. The van der Waals surface area contributed by atoms with Gasteiger partial charge in [-0.25, -0.2) is 4.98 Å². The van der Waals surface area contributed by atoms with Gasteiger partial charge in [0, 0.05) is 4.90 Å². The van der Waals surface area contributed by atoms with Crippen molar-refractivity contribution in [3.8, 4) is 0 Å². The summed E-state index contributed by atoms with van der Waals surface area (Å²) >= 11 is 7.55. The Labute approximate surface area is 117 Å². The van der Waals surface area contributed by atoms with Crippen molar-refractivity contribution < 1.29 is 4.52 Å². The number of H-pyrrole nitrogens is 1. The van der Waals surface area contributed by atoms with E-state index >= 15 is 0 Å². The summed E-state index contributed by atoms with van der Waals surface area (Å²) in [7, 11) is -0.885. The largest absolute Gasteiger partial charge is 0.338 e. The molecule has 0 bridgehead atoms. The van der Waals surface area contributed by atoms with E-state index in [4.69, 9.17) is 16.1 Å². The molecule has 0 aliphatic rings. The maximum Gasteiger partial charge on any atom is 0.169 e. The first-order valence-corrected chi connectivity index (χ1v) is 8.61. The van der Waals surface area contributed by atoms with Crippen LogP contribution in [0.5, 0.6) is 0 Å². The Balaban J connectivity index is 2.15. The number of benzene rings is 1. The van der Waals surface area contributed by atoms with E-state index in [9.17, 15) is 0 Å². The highest BCUT2D eigenvalue weighted by atomic mass is 35.5. The maximum absolute atomic E-state index is 5.93. The third kappa shape index (κ3) is 3.99. The molecule has 96 valence electrons. The number of halogens is 1. The quantitative estimate of drug-likeness (QED) is 0.840. The third-order valence-electron chi connectivity index (χ3n) is 1.94. The fraction of sp³-hybridized carbons (Fsp3) is 0.250. The van der Waals surface area contributed by atoms with Gasteiger partial charge in [0.2, 0.25) is 0 Å². The van der Waals surface area contributed by atoms with E-state index < -0.39 is 7.35 Å². The fourth-order valence-corrected chi connectivity index (χ4v) is 5.04. The highest BCUT2D eigenvalue weighted by Crippen LogP contribution is 2.53. The van der Waals surface area contributed by atoms with Gasteiger partial charge < -0.3 is 9.51 Å². The van der Waals surface area contributed by atoms with Gasteiger partial charge in [0.05, 0.1) is 12.3 Å². The monoisotopic (exact) mass is 300 g/mol. The van der Waals surface area contributed by atoms with Gasteiger partial charge in [-0.2, -0.15) is 0 Å². The summed E-state index contributed by atoms with van der Waals surface area (Å²) in [5, 5.41) is 0.540. The predicted octanol–water partition coefficient (Wildman–Crippen LogP) is 4.22. The van der Waals surface area contributed by atoms with Crippen molar-refractivity contribution in [3.05, 3.63) is 41.7 Å². The van der Waals surface area contributed by atoms with Gasteiger partial charge >= 0.3 is 0 Å². The molecule has 0 saturated carbocycles. The second-order valence-electron chi connectivity index (χ2n) is 3.87. The maximum atomic E-state index is 5.93. The molecule has 1 heterocycles. The Bertz CT molecular complexity index is 492. The van der Waals surface area contributed by atoms with Crippen molar-refractivity contribution >= 4 is 35.9 Å². The molecule has 2 rings (SSSR count). The number of aromatic amines is 1. The molecule has 0 aliphatic heterocycles. The highest BCUT2D eigenvalue weighted by molar-refractivity contribution is 8.56. The molecular formula is C12H14ClN2OPS. The number of rotatable bonds is 5. The lowest BCUT2D eigenvalue weighted by molar-refractivity contribution is 0.280. The number of nitrogens with zero attached hydrogens (tertiary/aromatic N) is 1. The van der Waals surface area contributed by atoms with E-state index in [2.05, 4.69) is 22.1 Å². The second kappa shape index (κ2) is 6.58. The molecule has 0 spiro atoms. The number of imidazole rings is 1. The normalized spacial score (nSPS) is 12.9. The minimum atomic E-state index is -0.885. The molecule has 0 aliphatic carbocycles. The predicted molar refractivity (Wildman–Crippen MR) is 78.7 cm³/mol. The van der Waals surface area contributed by atoms with Gasteiger partial charge in [0.1, 0.15) is 5.15 Å². The van der Waals surface area contributed by atoms with Crippen molar-refractivity contribution in [2.24, 2.45) is 0 Å². The van der Waals surface area contributed by atoms with Crippen molar-refractivity contribution in [1.29, 1.82) is 0 Å². The number of nitrogens with one attached hydrogen (secondary N) is 1. The van der Waals surface area contributed by atoms with Crippen LogP contribution in [-0.4, -0.2) is 16.1 Å². The minimum absolute atomic E-state index is 0.149. The van der Waals surface area contributed by atoms with Crippen LogP contribution in [0, 0.1) is 0 Å². The van der Waals surface area contributed by atoms with Crippen molar-refractivity contribution in [2.45, 2.75) is 24.8 Å². The summed E-state index contributed by atoms with van der Waals surface area (Å²) in [6, 6.07) is 10.2. The Kier molecular flexibility index (Phi) is 5.07. The lowest BCUT2D eigenvalue weighted by Gasteiger charge is -2.17. The lowest BCUT2D eigenvalue weighted by atomic mass is 10.4. The molecule has 0 saturated heterocycles. The zero-order valence-corrected chi connectivity index (χ0v) is 12.6. The van der Waals surface area contributed by atoms with E-state index in [0.29, 0.717) is 5.15 Å². The van der Waals surface area contributed by atoms with Crippen LogP contribution in [0.3, 0.4) is 0 Å². The third-order valence-corrected chi connectivity index (χ3v) is 5.88. The Morgan fingerprint density at radius 1 is 1.33 bits per heavy atom. The Hall–Kier alpha value is -0.540. The standard InChI is InChI=1S/C12H14ClN2OPS/c1-9(2)16-17(12-14-8-11(13)15-12)18-10-6-4-3-5-7-10/h3-9H,1-2H3,(H,14,15). The van der Waals surface area contributed by atoms with Crippen LogP contribution in [-0.2, 0) is 4.52 Å². The summed E-state index contributed by atoms with van der Waals surface area (Å²) in [6.45, 7) is 4.04. The molecule has 6 heteroatoms. The van der Waals surface area contributed by atoms with Crippen LogP contribution in [0.1, 0.15) is 13.8 Å². The Morgan fingerprint density at radius 2 is 2.06 bits per heavy atom. The molecule has 1 N–H and O–H groups in total. The van der Waals surface area contributed by atoms with E-state index in [1.807, 2.05) is 32.0 Å². The number of aromatic nitrogens is 2. The molecular weight excluding hydrogens is 287 g/mol. The fourth-order valence-electron chi connectivity index (χ4n) is 1.27. The van der Waals surface area contributed by atoms with Gasteiger partial charge in [0.15, 0.2) is 12.9 Å². The molecule has 1 unspecified atom stereocenters. The van der Waals surface area contributed by atoms with Gasteiger partial charge in [-0.15, -0.1) is 0 Å². The summed E-state index contributed by atoms with van der Waals surface area (Å²) in [5.41, 5.74) is 0.803. The molecule has 3 nitrogen and oxygen atoms in total. The lowest BCUT2D eigenvalue weighted by Crippen LogP contribution is -2.09. The molecule has 2 aromatic rings. The summed E-state index contributed by atoms with van der Waals surface area (Å²) in [5.74, 6) is 0. The van der Waals surface area contributed by atoms with Crippen LogP contribution < -0.4 is 5.57 Å². The SMILES string of the molecule is CC(C)OP(Sc1ccccc1)c1ncc(Cl)[nH]1. The molecule has 1 atom stereocenters. The minimum Gasteiger partial charge on any atom is -0.338 e. The zero-order valence-electron chi connectivity index (χ0n) is 10.1. The van der Waals surface area contributed by atoms with E-state index in [1.165, 1.54) is 0 Å². The summed E-state index contributed by atoms with van der Waals surface area (Å²) < 4.78 is 5.93. The first-order valence-electron chi connectivity index (χ1n) is 5.55. The van der Waals surface area contributed by atoms with Crippen molar-refractivity contribution in [3.63, 3.8) is 0 Å². The molecule has 0 radical (unpaired) electrons. The van der Waals surface area contributed by atoms with Gasteiger partial charge in [0.25, 0.3) is 0 Å². The van der Waals surface area contributed by atoms with Crippen LogP contribution >= 0.6 is 30.3 Å². The average molecular weight is 301 g/mol. The Morgan fingerprint density at radius 3 is 2.61 bits per heavy atom. The first kappa shape index (κ1) is 13.9. The van der Waals surface area contributed by atoms with Crippen molar-refractivity contribution in [2.75, 3.05) is 0 Å². The van der Waals surface area contributed by atoms with Crippen LogP contribution in [0.25, 0.3) is 0 Å². The number of hydrogen-bond donors (Lipinski definition) is 1.